The van der Waals surface area contributed by atoms with E-state index in [-0.39, 0.29) is 0 Å². The molecule has 1 unspecified atom stereocenters. The third kappa shape index (κ3) is 35.0. The van der Waals surface area contributed by atoms with E-state index in [1.165, 1.54) is 141 Å². The minimum absolute atomic E-state index is 0.467. The molecule has 240 valence electrons. The molecule has 0 rings (SSSR count). The van der Waals surface area contributed by atoms with Crippen molar-refractivity contribution in [2.24, 2.45) is 0 Å². The Hall–Kier alpha value is -1.12. The van der Waals surface area contributed by atoms with Crippen molar-refractivity contribution in [3.8, 4) is 0 Å². The Morgan fingerprint density at radius 2 is 0.854 bits per heavy atom. The lowest BCUT2D eigenvalue weighted by molar-refractivity contribution is 0.0303. The maximum absolute atomic E-state index is 6.32. The predicted molar refractivity (Wildman–Crippen MR) is 187 cm³/mol. The van der Waals surface area contributed by atoms with Crippen molar-refractivity contribution >= 4 is 0 Å². The Labute approximate surface area is 259 Å². The fourth-order valence-corrected chi connectivity index (χ4v) is 5.07. The summed E-state index contributed by atoms with van der Waals surface area (Å²) < 4.78 is 6.32. The number of unbranched alkanes of at least 4 members (excludes halogenated alkanes) is 16. The SMILES string of the molecule is CCCC/C=C/C/C=C/CCCCCCCCC(CCCCCCC/C=C/C/C=C/CCCCC)OCCN(C)C. The van der Waals surface area contributed by atoms with Crippen molar-refractivity contribution in [3.63, 3.8) is 0 Å². The Morgan fingerprint density at radius 1 is 0.463 bits per heavy atom. The summed E-state index contributed by atoms with van der Waals surface area (Å²) in [5.74, 6) is 0. The normalized spacial score (nSPS) is 13.3. The summed E-state index contributed by atoms with van der Waals surface area (Å²) in [5, 5.41) is 0. The minimum atomic E-state index is 0.467. The Morgan fingerprint density at radius 3 is 1.29 bits per heavy atom. The number of nitrogens with zero attached hydrogens (tertiary/aromatic N) is 1. The zero-order valence-electron chi connectivity index (χ0n) is 28.4. The van der Waals surface area contributed by atoms with Gasteiger partial charge in [0.15, 0.2) is 0 Å². The summed E-state index contributed by atoms with van der Waals surface area (Å²) >= 11 is 0. The van der Waals surface area contributed by atoms with Crippen LogP contribution in [0.5, 0.6) is 0 Å². The van der Waals surface area contributed by atoms with Crippen LogP contribution < -0.4 is 0 Å². The van der Waals surface area contributed by atoms with Crippen LogP contribution in [-0.2, 0) is 4.74 Å². The smallest absolute Gasteiger partial charge is 0.0596 e. The van der Waals surface area contributed by atoms with Crippen LogP contribution in [0.15, 0.2) is 48.6 Å². The fraction of sp³-hybridized carbons (Fsp3) is 0.795. The quantitative estimate of drug-likeness (QED) is 0.0588. The van der Waals surface area contributed by atoms with Gasteiger partial charge in [0.25, 0.3) is 0 Å². The van der Waals surface area contributed by atoms with Crippen LogP contribution in [0.4, 0.5) is 0 Å². The molecular weight excluding hydrogens is 498 g/mol. The third-order valence-corrected chi connectivity index (χ3v) is 7.85. The highest BCUT2D eigenvalue weighted by Crippen LogP contribution is 2.17. The van der Waals surface area contributed by atoms with Crippen LogP contribution in [0.3, 0.4) is 0 Å². The van der Waals surface area contributed by atoms with E-state index in [1.54, 1.807) is 0 Å². The van der Waals surface area contributed by atoms with Crippen molar-refractivity contribution < 1.29 is 4.74 Å². The molecule has 0 saturated heterocycles. The van der Waals surface area contributed by atoms with Gasteiger partial charge in [0.1, 0.15) is 0 Å². The van der Waals surface area contributed by atoms with Gasteiger partial charge < -0.3 is 9.64 Å². The lowest BCUT2D eigenvalue weighted by Gasteiger charge is -2.19. The van der Waals surface area contributed by atoms with Crippen LogP contribution in [0.2, 0.25) is 0 Å². The van der Waals surface area contributed by atoms with Gasteiger partial charge >= 0.3 is 0 Å². The molecule has 0 aromatic carbocycles. The zero-order chi connectivity index (χ0) is 29.9. The van der Waals surface area contributed by atoms with E-state index in [1.807, 2.05) is 0 Å². The average Bonchev–Trinajstić information content (AvgIpc) is 2.96. The molecule has 0 aliphatic carbocycles. The van der Waals surface area contributed by atoms with E-state index in [4.69, 9.17) is 4.74 Å². The highest BCUT2D eigenvalue weighted by Gasteiger charge is 2.09. The van der Waals surface area contributed by atoms with Crippen molar-refractivity contribution in [2.45, 2.75) is 174 Å². The molecule has 1 atom stereocenters. The van der Waals surface area contributed by atoms with Crippen LogP contribution in [0.25, 0.3) is 0 Å². The van der Waals surface area contributed by atoms with Crippen molar-refractivity contribution in [2.75, 3.05) is 27.2 Å². The van der Waals surface area contributed by atoms with Gasteiger partial charge in [0.2, 0.25) is 0 Å². The van der Waals surface area contributed by atoms with Gasteiger partial charge in [0, 0.05) is 6.54 Å². The Balaban J connectivity index is 3.79. The van der Waals surface area contributed by atoms with E-state index < -0.39 is 0 Å². The topological polar surface area (TPSA) is 12.5 Å². The van der Waals surface area contributed by atoms with Crippen molar-refractivity contribution in [1.82, 2.24) is 4.90 Å². The molecule has 0 spiro atoms. The summed E-state index contributed by atoms with van der Waals surface area (Å²) in [7, 11) is 4.28. The molecule has 0 aliphatic rings. The molecule has 2 nitrogen and oxygen atoms in total. The number of allylic oxidation sites excluding steroid dienone is 8. The molecule has 0 aromatic heterocycles. The van der Waals surface area contributed by atoms with Crippen molar-refractivity contribution in [3.05, 3.63) is 48.6 Å². The molecular formula is C39H73NO. The molecule has 0 N–H and O–H groups in total. The molecule has 41 heavy (non-hydrogen) atoms. The summed E-state index contributed by atoms with van der Waals surface area (Å²) in [6.45, 7) is 6.43. The van der Waals surface area contributed by atoms with Crippen molar-refractivity contribution in [1.29, 1.82) is 0 Å². The summed E-state index contributed by atoms with van der Waals surface area (Å²) in [5.41, 5.74) is 0. The number of ether oxygens (including phenoxy) is 1. The van der Waals surface area contributed by atoms with Gasteiger partial charge in [-0.2, -0.15) is 0 Å². The van der Waals surface area contributed by atoms with Gasteiger partial charge in [0.05, 0.1) is 12.7 Å². The second-order valence-corrected chi connectivity index (χ2v) is 12.3. The second kappa shape index (κ2) is 35.1. The summed E-state index contributed by atoms with van der Waals surface area (Å²) in [4.78, 5) is 2.23. The van der Waals surface area contributed by atoms with Gasteiger partial charge in [-0.05, 0) is 84.7 Å². The maximum atomic E-state index is 6.32. The lowest BCUT2D eigenvalue weighted by atomic mass is 10.0. The zero-order valence-corrected chi connectivity index (χ0v) is 28.4. The first-order valence-corrected chi connectivity index (χ1v) is 18.1. The average molecular weight is 572 g/mol. The van der Waals surface area contributed by atoms with Gasteiger partial charge in [-0.3, -0.25) is 0 Å². The highest BCUT2D eigenvalue weighted by atomic mass is 16.5. The van der Waals surface area contributed by atoms with Crippen LogP contribution in [0.1, 0.15) is 168 Å². The fourth-order valence-electron chi connectivity index (χ4n) is 5.07. The highest BCUT2D eigenvalue weighted by molar-refractivity contribution is 4.93. The summed E-state index contributed by atoms with van der Waals surface area (Å²) in [6, 6.07) is 0. The third-order valence-electron chi connectivity index (χ3n) is 7.85. The molecule has 0 amide bonds. The van der Waals surface area contributed by atoms with Gasteiger partial charge in [-0.1, -0.05) is 146 Å². The Kier molecular flexibility index (Phi) is 34.1. The molecule has 0 aliphatic heterocycles. The summed E-state index contributed by atoms with van der Waals surface area (Å²) in [6.07, 6.45) is 50.6. The molecule has 0 aromatic rings. The standard InChI is InChI=1S/C39H73NO/c1-5-7-9-11-13-15-17-19-21-23-25-27-29-31-33-35-39(41-38-37-40(3)4)36-34-32-30-28-26-24-22-20-18-16-14-12-10-8-6-2/h11,13-14,16-17,19-20,22,39H,5-10,12,15,18,21,23-38H2,1-4H3/b13-11+,16-14+,19-17+,22-20+. The van der Waals surface area contributed by atoms with E-state index >= 15 is 0 Å². The lowest BCUT2D eigenvalue weighted by Crippen LogP contribution is -2.22. The molecule has 0 bridgehead atoms. The maximum Gasteiger partial charge on any atom is 0.0596 e. The van der Waals surface area contributed by atoms with Gasteiger partial charge in [-0.15, -0.1) is 0 Å². The van der Waals surface area contributed by atoms with Crippen LogP contribution in [0, 0.1) is 0 Å². The molecule has 0 heterocycles. The van der Waals surface area contributed by atoms with E-state index in [9.17, 15) is 0 Å². The first-order valence-electron chi connectivity index (χ1n) is 18.1. The van der Waals surface area contributed by atoms with E-state index in [0.29, 0.717) is 6.10 Å². The van der Waals surface area contributed by atoms with E-state index in [2.05, 4.69) is 81.5 Å². The number of hydrogen-bond donors (Lipinski definition) is 0. The van der Waals surface area contributed by atoms with E-state index in [0.717, 1.165) is 26.0 Å². The molecule has 0 fully saturated rings. The van der Waals surface area contributed by atoms with Crippen LogP contribution >= 0.6 is 0 Å². The number of rotatable bonds is 32. The second-order valence-electron chi connectivity index (χ2n) is 12.3. The van der Waals surface area contributed by atoms with Crippen LogP contribution in [-0.4, -0.2) is 38.3 Å². The largest absolute Gasteiger partial charge is 0.377 e. The molecule has 2 heteroatoms. The predicted octanol–water partition coefficient (Wildman–Crippen LogP) is 12.6. The van der Waals surface area contributed by atoms with Gasteiger partial charge in [-0.25, -0.2) is 0 Å². The monoisotopic (exact) mass is 572 g/mol. The first kappa shape index (κ1) is 39.9. The molecule has 0 radical (unpaired) electrons. The number of hydrogen-bond acceptors (Lipinski definition) is 2. The minimum Gasteiger partial charge on any atom is -0.377 e. The molecule has 0 saturated carbocycles. The number of likely N-dealkylation sites (N-methyl/N-ethyl adjacent to an activating group) is 1. The Bertz CT molecular complexity index is 603. The first-order chi connectivity index (χ1) is 20.2.